The first-order valence-electron chi connectivity index (χ1n) is 8.55. The van der Waals surface area contributed by atoms with Gasteiger partial charge < -0.3 is 5.11 Å². The number of aromatic hydroxyl groups is 1. The highest BCUT2D eigenvalue weighted by molar-refractivity contribution is 7.99. The first-order valence-corrected chi connectivity index (χ1v) is 9.84. The first kappa shape index (κ1) is 18.6. The molecule has 1 aromatic heterocycles. The van der Waals surface area contributed by atoms with Crippen molar-refractivity contribution in [2.75, 3.05) is 0 Å². The number of para-hydroxylation sites is 1. The number of nitrogens with zero attached hydrogens (tertiary/aromatic N) is 2. The Morgan fingerprint density at radius 1 is 1.25 bits per heavy atom. The van der Waals surface area contributed by atoms with E-state index in [1.54, 1.807) is 30.9 Å². The molecule has 5 nitrogen and oxygen atoms in total. The van der Waals surface area contributed by atoms with Crippen LogP contribution in [0, 0.1) is 10.6 Å². The lowest BCUT2D eigenvalue weighted by Gasteiger charge is -2.16. The van der Waals surface area contributed by atoms with E-state index in [2.05, 4.69) is 9.98 Å². The van der Waals surface area contributed by atoms with E-state index in [0.717, 1.165) is 16.1 Å². The van der Waals surface area contributed by atoms with Gasteiger partial charge in [0.25, 0.3) is 5.56 Å². The third kappa shape index (κ3) is 3.41. The summed E-state index contributed by atoms with van der Waals surface area (Å²) in [6.45, 7) is 0. The zero-order valence-electron chi connectivity index (χ0n) is 14.8. The Morgan fingerprint density at radius 3 is 2.71 bits per heavy atom. The Labute approximate surface area is 169 Å². The van der Waals surface area contributed by atoms with Crippen molar-refractivity contribution in [2.24, 2.45) is 12.0 Å². The Bertz CT molecular complexity index is 1200. The van der Waals surface area contributed by atoms with Gasteiger partial charge in [0.1, 0.15) is 11.4 Å². The van der Waals surface area contributed by atoms with Gasteiger partial charge in [-0.1, -0.05) is 24.3 Å². The fourth-order valence-electron chi connectivity index (χ4n) is 3.10. The second-order valence-corrected chi connectivity index (χ2v) is 8.04. The molecule has 0 fully saturated rings. The van der Waals surface area contributed by atoms with Gasteiger partial charge in [-0.2, -0.15) is 0 Å². The van der Waals surface area contributed by atoms with Crippen LogP contribution in [0.25, 0.3) is 0 Å². The largest absolute Gasteiger partial charge is 0.494 e. The van der Waals surface area contributed by atoms with Gasteiger partial charge >= 0.3 is 0 Å². The molecule has 2 N–H and O–H groups in total. The van der Waals surface area contributed by atoms with Gasteiger partial charge in [-0.05, 0) is 42.0 Å². The van der Waals surface area contributed by atoms with Crippen LogP contribution in [-0.2, 0) is 7.05 Å². The second-order valence-electron chi connectivity index (χ2n) is 6.41. The number of rotatable bonds is 2. The van der Waals surface area contributed by atoms with Crippen LogP contribution < -0.4 is 5.56 Å². The van der Waals surface area contributed by atoms with Crippen molar-refractivity contribution in [3.8, 4) is 5.88 Å². The molecular formula is C20H16FN3O2S2. The Hall–Kier alpha value is -2.71. The lowest BCUT2D eigenvalue weighted by molar-refractivity contribution is 0.419. The highest BCUT2D eigenvalue weighted by Gasteiger charge is 2.26. The van der Waals surface area contributed by atoms with E-state index < -0.39 is 5.56 Å². The SMILES string of the molecule is Cn1c(O)c(C2=Nc3ccccc3S[C@H](c3ccc(F)cc3)C2)c(=O)[nH]c1=S. The molecule has 3 aromatic rings. The number of thioether (sulfide) groups is 1. The number of halogens is 1. The lowest BCUT2D eigenvalue weighted by Crippen LogP contribution is -2.23. The third-order valence-electron chi connectivity index (χ3n) is 4.59. The number of nitrogens with one attached hydrogen (secondary N) is 1. The number of aromatic nitrogens is 2. The quantitative estimate of drug-likeness (QED) is 0.600. The maximum absolute atomic E-state index is 13.4. The normalized spacial score (nSPS) is 16.2. The minimum absolute atomic E-state index is 0.0977. The number of fused-ring (bicyclic) bond motifs is 1. The molecule has 8 heteroatoms. The number of aliphatic imine (C=N–C) groups is 1. The van der Waals surface area contributed by atoms with Crippen molar-refractivity contribution in [3.05, 3.63) is 80.6 Å². The maximum Gasteiger partial charge on any atom is 0.264 e. The summed E-state index contributed by atoms with van der Waals surface area (Å²) >= 11 is 6.65. The molecule has 0 unspecified atom stereocenters. The summed E-state index contributed by atoms with van der Waals surface area (Å²) < 4.78 is 14.8. The summed E-state index contributed by atoms with van der Waals surface area (Å²) in [5, 5.41) is 10.5. The monoisotopic (exact) mass is 413 g/mol. The predicted octanol–water partition coefficient (Wildman–Crippen LogP) is 4.65. The summed E-state index contributed by atoms with van der Waals surface area (Å²) in [4.78, 5) is 20.8. The standard InChI is InChI=1S/C20H16FN3O2S2/c1-24-19(26)17(18(25)23-20(24)27)14-10-16(11-6-8-12(21)9-7-11)28-15-5-3-2-4-13(15)22-14/h2-9,16,26H,10H2,1H3,(H,23,25,27)/t16-/m0/s1. The lowest BCUT2D eigenvalue weighted by atomic mass is 10.0. The molecule has 4 rings (SSSR count). The van der Waals surface area contributed by atoms with Gasteiger partial charge in [0.15, 0.2) is 4.77 Å². The van der Waals surface area contributed by atoms with E-state index >= 15 is 0 Å². The summed E-state index contributed by atoms with van der Waals surface area (Å²) in [5.74, 6) is -0.534. The van der Waals surface area contributed by atoms with Gasteiger partial charge in [0.05, 0.1) is 11.4 Å². The average molecular weight is 413 g/mol. The molecule has 28 heavy (non-hydrogen) atoms. The number of hydrogen-bond donors (Lipinski definition) is 2. The molecule has 0 bridgehead atoms. The van der Waals surface area contributed by atoms with Crippen LogP contribution in [-0.4, -0.2) is 20.4 Å². The van der Waals surface area contributed by atoms with Crippen LogP contribution in [0.5, 0.6) is 5.88 Å². The second kappa shape index (κ2) is 7.37. The summed E-state index contributed by atoms with van der Waals surface area (Å²) in [6, 6.07) is 13.9. The smallest absolute Gasteiger partial charge is 0.264 e. The minimum atomic E-state index is -0.485. The van der Waals surface area contributed by atoms with Crippen molar-refractivity contribution >= 4 is 35.4 Å². The molecule has 0 radical (unpaired) electrons. The molecular weight excluding hydrogens is 397 g/mol. The van der Waals surface area contributed by atoms with Crippen LogP contribution in [0.1, 0.15) is 22.8 Å². The summed E-state index contributed by atoms with van der Waals surface area (Å²) in [6.07, 6.45) is 0.387. The van der Waals surface area contributed by atoms with E-state index in [0.29, 0.717) is 12.1 Å². The highest BCUT2D eigenvalue weighted by Crippen LogP contribution is 2.45. The fraction of sp³-hybridized carbons (Fsp3) is 0.150. The van der Waals surface area contributed by atoms with E-state index in [1.165, 1.54) is 16.7 Å². The van der Waals surface area contributed by atoms with Crippen molar-refractivity contribution in [2.45, 2.75) is 16.6 Å². The van der Waals surface area contributed by atoms with Gasteiger partial charge in [-0.15, -0.1) is 11.8 Å². The molecule has 2 aromatic carbocycles. The van der Waals surface area contributed by atoms with Crippen LogP contribution in [0.15, 0.2) is 63.2 Å². The molecule has 0 saturated carbocycles. The van der Waals surface area contributed by atoms with E-state index in [9.17, 15) is 14.3 Å². The number of hydrogen-bond acceptors (Lipinski definition) is 5. The van der Waals surface area contributed by atoms with Gasteiger partial charge in [-0.25, -0.2) is 4.39 Å². The molecule has 0 spiro atoms. The van der Waals surface area contributed by atoms with Gasteiger partial charge in [0.2, 0.25) is 5.88 Å². The summed E-state index contributed by atoms with van der Waals surface area (Å²) in [5.41, 5.74) is 1.70. The fourth-order valence-corrected chi connectivity index (χ4v) is 4.51. The molecule has 1 atom stereocenters. The van der Waals surface area contributed by atoms with E-state index in [4.69, 9.17) is 12.2 Å². The minimum Gasteiger partial charge on any atom is -0.494 e. The highest BCUT2D eigenvalue weighted by atomic mass is 32.2. The molecule has 2 heterocycles. The molecule has 0 aliphatic carbocycles. The van der Waals surface area contributed by atoms with E-state index in [1.807, 2.05) is 24.3 Å². The van der Waals surface area contributed by atoms with Crippen molar-refractivity contribution < 1.29 is 9.50 Å². The summed E-state index contributed by atoms with van der Waals surface area (Å²) in [7, 11) is 1.58. The van der Waals surface area contributed by atoms with Crippen molar-refractivity contribution in [1.82, 2.24) is 9.55 Å². The molecule has 1 aliphatic heterocycles. The van der Waals surface area contributed by atoms with E-state index in [-0.39, 0.29) is 27.3 Å². The predicted molar refractivity (Wildman–Crippen MR) is 111 cm³/mol. The average Bonchev–Trinajstić information content (AvgIpc) is 2.86. The molecule has 0 amide bonds. The van der Waals surface area contributed by atoms with Crippen LogP contribution >= 0.6 is 24.0 Å². The van der Waals surface area contributed by atoms with Crippen LogP contribution in [0.2, 0.25) is 0 Å². The van der Waals surface area contributed by atoms with Crippen molar-refractivity contribution in [1.29, 1.82) is 0 Å². The number of aromatic amines is 1. The number of H-pyrrole nitrogens is 1. The Morgan fingerprint density at radius 2 is 1.96 bits per heavy atom. The first-order chi connectivity index (χ1) is 13.4. The topological polar surface area (TPSA) is 70.4 Å². The number of benzene rings is 2. The maximum atomic E-state index is 13.4. The molecule has 0 saturated heterocycles. The van der Waals surface area contributed by atoms with Gasteiger partial charge in [-0.3, -0.25) is 19.3 Å². The Balaban J connectivity index is 1.90. The Kier molecular flexibility index (Phi) is 4.91. The third-order valence-corrected chi connectivity index (χ3v) is 6.29. The zero-order chi connectivity index (χ0) is 19.8. The van der Waals surface area contributed by atoms with Crippen LogP contribution in [0.4, 0.5) is 10.1 Å². The van der Waals surface area contributed by atoms with Crippen LogP contribution in [0.3, 0.4) is 0 Å². The molecule has 1 aliphatic rings. The molecule has 142 valence electrons. The van der Waals surface area contributed by atoms with Gasteiger partial charge in [0, 0.05) is 23.6 Å². The zero-order valence-corrected chi connectivity index (χ0v) is 16.5. The van der Waals surface area contributed by atoms with Crippen molar-refractivity contribution in [3.63, 3.8) is 0 Å².